The van der Waals surface area contributed by atoms with Gasteiger partial charge in [0.05, 0.1) is 11.4 Å². The van der Waals surface area contributed by atoms with Gasteiger partial charge >= 0.3 is 0 Å². The first-order chi connectivity index (χ1) is 11.9. The van der Waals surface area contributed by atoms with Crippen LogP contribution in [0.5, 0.6) is 0 Å². The van der Waals surface area contributed by atoms with E-state index in [-0.39, 0.29) is 11.6 Å². The Morgan fingerprint density at radius 1 is 1.28 bits per heavy atom. The SMILES string of the molecule is CC(=O)c1ccc(N2CCN(Cc3c(C)nn(C)c3Cl)CC2)c(F)c1. The molecule has 5 nitrogen and oxygen atoms in total. The number of halogens is 2. The molecule has 1 aromatic heterocycles. The summed E-state index contributed by atoms with van der Waals surface area (Å²) in [5.41, 5.74) is 2.96. The molecule has 0 N–H and O–H groups in total. The molecule has 0 saturated carbocycles. The lowest BCUT2D eigenvalue weighted by Crippen LogP contribution is -2.46. The van der Waals surface area contributed by atoms with Gasteiger partial charge in [0.25, 0.3) is 0 Å². The Kier molecular flexibility index (Phi) is 5.11. The zero-order valence-corrected chi connectivity index (χ0v) is 15.5. The summed E-state index contributed by atoms with van der Waals surface area (Å²) in [4.78, 5) is 15.7. The van der Waals surface area contributed by atoms with Crippen molar-refractivity contribution in [3.63, 3.8) is 0 Å². The number of piperazine rings is 1. The second-order valence-electron chi connectivity index (χ2n) is 6.46. The highest BCUT2D eigenvalue weighted by Crippen LogP contribution is 2.24. The summed E-state index contributed by atoms with van der Waals surface area (Å²) < 4.78 is 16.0. The van der Waals surface area contributed by atoms with E-state index < -0.39 is 0 Å². The highest BCUT2D eigenvalue weighted by molar-refractivity contribution is 6.30. The maximum Gasteiger partial charge on any atom is 0.159 e. The first-order valence-electron chi connectivity index (χ1n) is 8.32. The van der Waals surface area contributed by atoms with Crippen molar-refractivity contribution >= 4 is 23.1 Å². The fourth-order valence-corrected chi connectivity index (χ4v) is 3.44. The Bertz CT molecular complexity index is 797. The van der Waals surface area contributed by atoms with Crippen LogP contribution in [0.2, 0.25) is 5.15 Å². The molecular formula is C18H22ClFN4O. The molecule has 0 radical (unpaired) electrons. The third kappa shape index (κ3) is 3.70. The molecule has 2 aromatic rings. The number of ketones is 1. The second-order valence-corrected chi connectivity index (χ2v) is 6.82. The van der Waals surface area contributed by atoms with Crippen molar-refractivity contribution < 1.29 is 9.18 Å². The molecule has 7 heteroatoms. The lowest BCUT2D eigenvalue weighted by molar-refractivity contribution is 0.101. The number of anilines is 1. The van der Waals surface area contributed by atoms with Crippen LogP contribution in [0.1, 0.15) is 28.5 Å². The molecule has 0 aliphatic carbocycles. The van der Waals surface area contributed by atoms with E-state index in [1.807, 2.05) is 18.9 Å². The average Bonchev–Trinajstić information content (AvgIpc) is 2.82. The fourth-order valence-electron chi connectivity index (χ4n) is 3.21. The normalized spacial score (nSPS) is 15.6. The molecule has 1 aliphatic rings. The number of benzene rings is 1. The molecule has 134 valence electrons. The van der Waals surface area contributed by atoms with Gasteiger partial charge in [-0.05, 0) is 32.0 Å². The Morgan fingerprint density at radius 2 is 1.96 bits per heavy atom. The summed E-state index contributed by atoms with van der Waals surface area (Å²) in [7, 11) is 1.84. The number of hydrogen-bond donors (Lipinski definition) is 0. The quantitative estimate of drug-likeness (QED) is 0.782. The van der Waals surface area contributed by atoms with Crippen molar-refractivity contribution in [3.05, 3.63) is 46.0 Å². The van der Waals surface area contributed by atoms with Crippen LogP contribution < -0.4 is 4.90 Å². The molecule has 1 aliphatic heterocycles. The van der Waals surface area contributed by atoms with Gasteiger partial charge < -0.3 is 4.90 Å². The molecule has 3 rings (SSSR count). The number of Topliss-reactive ketones (excluding diaryl/α,β-unsaturated/α-hetero) is 1. The van der Waals surface area contributed by atoms with E-state index in [0.29, 0.717) is 16.4 Å². The number of rotatable bonds is 4. The minimum Gasteiger partial charge on any atom is -0.367 e. The molecule has 2 heterocycles. The van der Waals surface area contributed by atoms with Crippen LogP contribution in [-0.4, -0.2) is 46.6 Å². The van der Waals surface area contributed by atoms with Gasteiger partial charge in [-0.1, -0.05) is 11.6 Å². The number of hydrogen-bond acceptors (Lipinski definition) is 4. The zero-order chi connectivity index (χ0) is 18.1. The fraction of sp³-hybridized carbons (Fsp3) is 0.444. The predicted molar refractivity (Wildman–Crippen MR) is 96.8 cm³/mol. The molecule has 1 aromatic carbocycles. The van der Waals surface area contributed by atoms with Gasteiger partial charge in [-0.25, -0.2) is 4.39 Å². The van der Waals surface area contributed by atoms with E-state index in [1.165, 1.54) is 13.0 Å². The smallest absolute Gasteiger partial charge is 0.159 e. The van der Waals surface area contributed by atoms with Gasteiger partial charge in [0, 0.05) is 50.9 Å². The van der Waals surface area contributed by atoms with E-state index >= 15 is 0 Å². The predicted octanol–water partition coefficient (Wildman–Crippen LogP) is 3.05. The van der Waals surface area contributed by atoms with E-state index in [0.717, 1.165) is 44.0 Å². The minimum absolute atomic E-state index is 0.126. The topological polar surface area (TPSA) is 41.4 Å². The summed E-state index contributed by atoms with van der Waals surface area (Å²) in [5, 5.41) is 5.02. The number of carbonyl (C=O) groups excluding carboxylic acids is 1. The van der Waals surface area contributed by atoms with Gasteiger partial charge in [0.2, 0.25) is 0 Å². The lowest BCUT2D eigenvalue weighted by atomic mass is 10.1. The minimum atomic E-state index is -0.340. The number of carbonyl (C=O) groups is 1. The molecule has 0 spiro atoms. The van der Waals surface area contributed by atoms with Crippen LogP contribution >= 0.6 is 11.6 Å². The van der Waals surface area contributed by atoms with Crippen LogP contribution in [0.4, 0.5) is 10.1 Å². The Balaban J connectivity index is 1.65. The Morgan fingerprint density at radius 3 is 2.48 bits per heavy atom. The van der Waals surface area contributed by atoms with Gasteiger partial charge in [-0.3, -0.25) is 14.4 Å². The first-order valence-corrected chi connectivity index (χ1v) is 8.70. The van der Waals surface area contributed by atoms with Crippen molar-refractivity contribution in [2.24, 2.45) is 7.05 Å². The third-order valence-electron chi connectivity index (χ3n) is 4.72. The monoisotopic (exact) mass is 364 g/mol. The third-order valence-corrected chi connectivity index (χ3v) is 5.19. The summed E-state index contributed by atoms with van der Waals surface area (Å²) in [6.45, 7) is 7.25. The highest BCUT2D eigenvalue weighted by Gasteiger charge is 2.22. The molecule has 0 bridgehead atoms. The number of aromatic nitrogens is 2. The number of nitrogens with zero attached hydrogens (tertiary/aromatic N) is 4. The van der Waals surface area contributed by atoms with Crippen molar-refractivity contribution in [3.8, 4) is 0 Å². The van der Waals surface area contributed by atoms with E-state index in [2.05, 4.69) is 10.00 Å². The van der Waals surface area contributed by atoms with Crippen molar-refractivity contribution in [1.29, 1.82) is 0 Å². The maximum absolute atomic E-state index is 14.3. The largest absolute Gasteiger partial charge is 0.367 e. The first kappa shape index (κ1) is 17.9. The summed E-state index contributed by atoms with van der Waals surface area (Å²) in [5.74, 6) is -0.466. The van der Waals surface area contributed by atoms with Crippen molar-refractivity contribution in [2.45, 2.75) is 20.4 Å². The molecular weight excluding hydrogens is 343 g/mol. The van der Waals surface area contributed by atoms with Gasteiger partial charge in [-0.15, -0.1) is 0 Å². The van der Waals surface area contributed by atoms with Gasteiger partial charge in [0.1, 0.15) is 11.0 Å². The zero-order valence-electron chi connectivity index (χ0n) is 14.7. The molecule has 0 amide bonds. The van der Waals surface area contributed by atoms with Crippen LogP contribution in [0, 0.1) is 12.7 Å². The Labute approximate surface area is 152 Å². The van der Waals surface area contributed by atoms with E-state index in [4.69, 9.17) is 11.6 Å². The maximum atomic E-state index is 14.3. The molecule has 0 unspecified atom stereocenters. The van der Waals surface area contributed by atoms with E-state index in [9.17, 15) is 9.18 Å². The average molecular weight is 365 g/mol. The second kappa shape index (κ2) is 7.14. The number of aryl methyl sites for hydroxylation is 2. The van der Waals surface area contributed by atoms with Crippen LogP contribution in [0.25, 0.3) is 0 Å². The van der Waals surface area contributed by atoms with Crippen LogP contribution in [-0.2, 0) is 13.6 Å². The van der Waals surface area contributed by atoms with E-state index in [1.54, 1.807) is 16.8 Å². The van der Waals surface area contributed by atoms with Crippen molar-refractivity contribution in [2.75, 3.05) is 31.1 Å². The summed E-state index contributed by atoms with van der Waals surface area (Å²) >= 11 is 6.31. The lowest BCUT2D eigenvalue weighted by Gasteiger charge is -2.36. The van der Waals surface area contributed by atoms with Gasteiger partial charge in [0.15, 0.2) is 5.78 Å². The van der Waals surface area contributed by atoms with Crippen LogP contribution in [0.15, 0.2) is 18.2 Å². The summed E-state index contributed by atoms with van der Waals surface area (Å²) in [6.07, 6.45) is 0. The highest BCUT2D eigenvalue weighted by atomic mass is 35.5. The molecule has 1 saturated heterocycles. The van der Waals surface area contributed by atoms with Crippen LogP contribution in [0.3, 0.4) is 0 Å². The molecule has 1 fully saturated rings. The molecule has 0 atom stereocenters. The standard InChI is InChI=1S/C18H22ClFN4O/c1-12-15(18(19)22(3)21-12)11-23-6-8-24(9-7-23)17-5-4-14(13(2)25)10-16(17)20/h4-5,10H,6-9,11H2,1-3H3. The van der Waals surface area contributed by atoms with Gasteiger partial charge in [-0.2, -0.15) is 5.10 Å². The Hall–Kier alpha value is -1.92. The summed E-state index contributed by atoms with van der Waals surface area (Å²) in [6, 6.07) is 4.71. The molecule has 25 heavy (non-hydrogen) atoms. The van der Waals surface area contributed by atoms with Crippen molar-refractivity contribution in [1.82, 2.24) is 14.7 Å².